The molecule has 27 heavy (non-hydrogen) atoms. The Bertz CT molecular complexity index is 961. The predicted molar refractivity (Wildman–Crippen MR) is 90.8 cm³/mol. The Labute approximate surface area is 157 Å². The average Bonchev–Trinajstić information content (AvgIpc) is 3.03. The third-order valence-electron chi connectivity index (χ3n) is 3.50. The smallest absolute Gasteiger partial charge is 0.272 e. The van der Waals surface area contributed by atoms with Crippen LogP contribution in [0, 0.1) is 11.6 Å². The van der Waals surface area contributed by atoms with Gasteiger partial charge in [-0.3, -0.25) is 4.79 Å². The van der Waals surface area contributed by atoms with Gasteiger partial charge in [-0.25, -0.2) is 30.7 Å². The van der Waals surface area contributed by atoms with Crippen molar-refractivity contribution < 1.29 is 30.8 Å². The number of benzene rings is 1. The lowest BCUT2D eigenvalue weighted by atomic mass is 10.2. The van der Waals surface area contributed by atoms with Crippen molar-refractivity contribution in [1.82, 2.24) is 9.29 Å². The van der Waals surface area contributed by atoms with E-state index in [0.29, 0.717) is 0 Å². The van der Waals surface area contributed by atoms with Crippen LogP contribution in [-0.2, 0) is 17.1 Å². The highest BCUT2D eigenvalue weighted by Crippen LogP contribution is 2.26. The highest BCUT2D eigenvalue weighted by molar-refractivity contribution is 7.89. The molecule has 0 aliphatic rings. The van der Waals surface area contributed by atoms with E-state index in [9.17, 15) is 30.8 Å². The van der Waals surface area contributed by atoms with Gasteiger partial charge in [0.15, 0.2) is 5.82 Å². The summed E-state index contributed by atoms with van der Waals surface area (Å²) in [5, 5.41) is 1.33. The number of rotatable bonds is 7. The number of nitrogens with one attached hydrogen (secondary N) is 2. The molecule has 0 aliphatic carbocycles. The molecule has 0 bridgehead atoms. The van der Waals surface area contributed by atoms with Crippen LogP contribution in [0.3, 0.4) is 0 Å². The molecule has 0 radical (unpaired) electrons. The van der Waals surface area contributed by atoms with Crippen molar-refractivity contribution in [2.75, 3.05) is 18.7 Å². The van der Waals surface area contributed by atoms with E-state index in [4.69, 9.17) is 11.6 Å². The van der Waals surface area contributed by atoms with E-state index in [1.165, 1.54) is 7.05 Å². The molecule has 6 nitrogen and oxygen atoms in total. The molecule has 12 heteroatoms. The van der Waals surface area contributed by atoms with E-state index in [2.05, 4.69) is 5.32 Å². The molecule has 0 atom stereocenters. The molecule has 2 aromatic rings. The van der Waals surface area contributed by atoms with Crippen molar-refractivity contribution in [3.8, 4) is 0 Å². The molecule has 148 valence electrons. The molecule has 1 aromatic carbocycles. The fourth-order valence-corrected chi connectivity index (χ4v) is 3.54. The minimum absolute atomic E-state index is 0.202. The SMILES string of the molecule is Cn1cc(S(=O)(=O)NC(CF)CF)cc1C(=O)Nc1ccc(F)c(Cl)c1F. The summed E-state index contributed by atoms with van der Waals surface area (Å²) in [4.78, 5) is 11.9. The Hall–Kier alpha value is -2.11. The molecule has 2 N–H and O–H groups in total. The first-order valence-electron chi connectivity index (χ1n) is 7.36. The van der Waals surface area contributed by atoms with Crippen LogP contribution in [0.5, 0.6) is 0 Å². The summed E-state index contributed by atoms with van der Waals surface area (Å²) in [5.74, 6) is -3.11. The quantitative estimate of drug-likeness (QED) is 0.526. The zero-order valence-electron chi connectivity index (χ0n) is 13.8. The third kappa shape index (κ3) is 4.60. The maximum Gasteiger partial charge on any atom is 0.272 e. The number of carbonyl (C=O) groups excluding carboxylic acids is 1. The predicted octanol–water partition coefficient (Wildman–Crippen LogP) is 2.79. The van der Waals surface area contributed by atoms with Crippen molar-refractivity contribution in [2.24, 2.45) is 7.05 Å². The summed E-state index contributed by atoms with van der Waals surface area (Å²) < 4.78 is 79.4. The van der Waals surface area contributed by atoms with Crippen LogP contribution in [0.2, 0.25) is 5.02 Å². The second-order valence-corrected chi connectivity index (χ2v) is 7.57. The van der Waals surface area contributed by atoms with Crippen LogP contribution in [-0.4, -0.2) is 38.3 Å². The molecule has 0 fully saturated rings. The van der Waals surface area contributed by atoms with Gasteiger partial charge in [-0.1, -0.05) is 11.6 Å². The molecule has 0 aliphatic heterocycles. The van der Waals surface area contributed by atoms with Crippen LogP contribution < -0.4 is 10.0 Å². The number of hydrogen-bond acceptors (Lipinski definition) is 3. The van der Waals surface area contributed by atoms with E-state index < -0.39 is 62.6 Å². The van der Waals surface area contributed by atoms with Crippen molar-refractivity contribution in [2.45, 2.75) is 10.9 Å². The van der Waals surface area contributed by atoms with Crippen LogP contribution >= 0.6 is 11.6 Å². The van der Waals surface area contributed by atoms with E-state index >= 15 is 0 Å². The van der Waals surface area contributed by atoms with Gasteiger partial charge in [-0.15, -0.1) is 0 Å². The zero-order valence-corrected chi connectivity index (χ0v) is 15.3. The fraction of sp³-hybridized carbons (Fsp3) is 0.267. The minimum atomic E-state index is -4.29. The fourth-order valence-electron chi connectivity index (χ4n) is 2.11. The molecule has 1 amide bonds. The highest BCUT2D eigenvalue weighted by atomic mass is 35.5. The molecule has 0 unspecified atom stereocenters. The second-order valence-electron chi connectivity index (χ2n) is 5.48. The van der Waals surface area contributed by atoms with E-state index in [0.717, 1.165) is 29.0 Å². The first-order valence-corrected chi connectivity index (χ1v) is 9.22. The molecule has 0 saturated carbocycles. The average molecular weight is 428 g/mol. The van der Waals surface area contributed by atoms with Gasteiger partial charge in [0.1, 0.15) is 34.8 Å². The van der Waals surface area contributed by atoms with E-state index in [-0.39, 0.29) is 5.69 Å². The molecule has 0 spiro atoms. The normalized spacial score (nSPS) is 11.8. The minimum Gasteiger partial charge on any atom is -0.345 e. The number of carbonyl (C=O) groups is 1. The standard InChI is InChI=1S/C15H14ClF4N3O3S/c1-23-7-9(27(25,26)22-8(5-17)6-18)4-12(23)15(24)21-11-3-2-10(19)13(16)14(11)20/h2-4,7-8,22H,5-6H2,1H3,(H,21,24). The van der Waals surface area contributed by atoms with Gasteiger partial charge >= 0.3 is 0 Å². The van der Waals surface area contributed by atoms with Gasteiger partial charge < -0.3 is 9.88 Å². The molecule has 1 aromatic heterocycles. The summed E-state index contributed by atoms with van der Waals surface area (Å²) in [6.07, 6.45) is 1.04. The zero-order chi connectivity index (χ0) is 20.4. The van der Waals surface area contributed by atoms with Crippen molar-refractivity contribution in [1.29, 1.82) is 0 Å². The monoisotopic (exact) mass is 427 g/mol. The Balaban J connectivity index is 2.28. The summed E-state index contributed by atoms with van der Waals surface area (Å²) >= 11 is 5.43. The molecular weight excluding hydrogens is 414 g/mol. The maximum atomic E-state index is 13.9. The number of aryl methyl sites for hydroxylation is 1. The molecule has 0 saturated heterocycles. The number of amides is 1. The van der Waals surface area contributed by atoms with E-state index in [1.54, 1.807) is 0 Å². The number of aromatic nitrogens is 1. The van der Waals surface area contributed by atoms with Gasteiger partial charge in [0, 0.05) is 13.2 Å². The topological polar surface area (TPSA) is 80.2 Å². The first kappa shape index (κ1) is 21.2. The van der Waals surface area contributed by atoms with Crippen molar-refractivity contribution >= 4 is 33.2 Å². The summed E-state index contributed by atoms with van der Waals surface area (Å²) in [6.45, 7) is -2.50. The van der Waals surface area contributed by atoms with Gasteiger partial charge in [0.05, 0.1) is 11.7 Å². The number of sulfonamides is 1. The Kier molecular flexibility index (Phi) is 6.50. The number of alkyl halides is 2. The lowest BCUT2D eigenvalue weighted by Crippen LogP contribution is -2.37. The first-order chi connectivity index (χ1) is 12.6. The lowest BCUT2D eigenvalue weighted by molar-refractivity contribution is 0.101. The molecular formula is C15H14ClF4N3O3S. The van der Waals surface area contributed by atoms with Gasteiger partial charge in [0.25, 0.3) is 5.91 Å². The summed E-state index contributed by atoms with van der Waals surface area (Å²) in [5.41, 5.74) is -0.614. The Morgan fingerprint density at radius 3 is 2.48 bits per heavy atom. The number of halogens is 5. The van der Waals surface area contributed by atoms with Gasteiger partial charge in [-0.2, -0.15) is 0 Å². The van der Waals surface area contributed by atoms with Crippen molar-refractivity contribution in [3.63, 3.8) is 0 Å². The lowest BCUT2D eigenvalue weighted by Gasteiger charge is -2.10. The Morgan fingerprint density at radius 1 is 1.26 bits per heavy atom. The van der Waals surface area contributed by atoms with Crippen LogP contribution in [0.4, 0.5) is 23.2 Å². The Morgan fingerprint density at radius 2 is 1.89 bits per heavy atom. The summed E-state index contributed by atoms with van der Waals surface area (Å²) in [7, 11) is -2.95. The van der Waals surface area contributed by atoms with Crippen LogP contribution in [0.15, 0.2) is 29.3 Å². The number of hydrogen-bond donors (Lipinski definition) is 2. The number of anilines is 1. The highest BCUT2D eigenvalue weighted by Gasteiger charge is 2.24. The van der Waals surface area contributed by atoms with Gasteiger partial charge in [-0.05, 0) is 18.2 Å². The second kappa shape index (κ2) is 8.28. The summed E-state index contributed by atoms with van der Waals surface area (Å²) in [6, 6.07) is 1.18. The van der Waals surface area contributed by atoms with Crippen molar-refractivity contribution in [3.05, 3.63) is 46.7 Å². The van der Waals surface area contributed by atoms with Crippen LogP contribution in [0.25, 0.3) is 0 Å². The molecule has 1 heterocycles. The van der Waals surface area contributed by atoms with Crippen LogP contribution in [0.1, 0.15) is 10.5 Å². The maximum absolute atomic E-state index is 13.9. The number of nitrogens with zero attached hydrogens (tertiary/aromatic N) is 1. The third-order valence-corrected chi connectivity index (χ3v) is 5.33. The largest absolute Gasteiger partial charge is 0.345 e. The molecule has 2 rings (SSSR count). The van der Waals surface area contributed by atoms with Gasteiger partial charge in [0.2, 0.25) is 10.0 Å². The van der Waals surface area contributed by atoms with E-state index in [1.807, 2.05) is 4.72 Å².